The van der Waals surface area contributed by atoms with Gasteiger partial charge in [-0.15, -0.1) is 0 Å². The molecular formula is C52H40. The van der Waals surface area contributed by atoms with Crippen LogP contribution in [0, 0.1) is 6.92 Å². The lowest BCUT2D eigenvalue weighted by molar-refractivity contribution is 1.41. The number of aryl methyl sites for hydroxylation is 1. The van der Waals surface area contributed by atoms with E-state index < -0.39 is 0 Å². The number of allylic oxidation sites excluding steroid dienone is 4. The molecule has 248 valence electrons. The highest BCUT2D eigenvalue weighted by atomic mass is 14.2. The van der Waals surface area contributed by atoms with Crippen molar-refractivity contribution in [2.24, 2.45) is 0 Å². The number of fused-ring (bicyclic) bond motifs is 4. The molecule has 0 aliphatic rings. The molecule has 8 aromatic carbocycles. The van der Waals surface area contributed by atoms with Crippen LogP contribution in [0.2, 0.25) is 0 Å². The summed E-state index contributed by atoms with van der Waals surface area (Å²) in [4.78, 5) is 0. The minimum Gasteiger partial charge on any atom is -0.0912 e. The Balaban J connectivity index is 1.26. The molecule has 0 saturated heterocycles. The van der Waals surface area contributed by atoms with E-state index in [1.54, 1.807) is 0 Å². The second kappa shape index (κ2) is 14.0. The van der Waals surface area contributed by atoms with Crippen LogP contribution in [0.4, 0.5) is 0 Å². The summed E-state index contributed by atoms with van der Waals surface area (Å²) in [6, 6.07) is 59.0. The molecule has 0 heterocycles. The summed E-state index contributed by atoms with van der Waals surface area (Å²) in [5, 5.41) is 9.64. The fourth-order valence-corrected chi connectivity index (χ4v) is 7.26. The lowest BCUT2D eigenvalue weighted by Crippen LogP contribution is -2.21. The van der Waals surface area contributed by atoms with Crippen LogP contribution >= 0.6 is 0 Å². The molecule has 0 aliphatic heterocycles. The van der Waals surface area contributed by atoms with Crippen molar-refractivity contribution in [3.05, 3.63) is 221 Å². The van der Waals surface area contributed by atoms with E-state index in [1.807, 2.05) is 12.1 Å². The normalized spacial score (nSPS) is 12.5. The summed E-state index contributed by atoms with van der Waals surface area (Å²) in [6.07, 6.45) is 6.60. The van der Waals surface area contributed by atoms with Crippen molar-refractivity contribution in [2.45, 2.75) is 13.8 Å². The quantitative estimate of drug-likeness (QED) is 0.117. The zero-order valence-corrected chi connectivity index (χ0v) is 29.7. The summed E-state index contributed by atoms with van der Waals surface area (Å²) >= 11 is 0. The smallest absolute Gasteiger partial charge is 0.00988 e. The Hall–Kier alpha value is -6.50. The Labute approximate surface area is 306 Å². The van der Waals surface area contributed by atoms with Gasteiger partial charge in [-0.3, -0.25) is 0 Å². The zero-order chi connectivity index (χ0) is 35.6. The van der Waals surface area contributed by atoms with Crippen LogP contribution in [-0.4, -0.2) is 0 Å². The van der Waals surface area contributed by atoms with E-state index in [-0.39, 0.29) is 0 Å². The van der Waals surface area contributed by atoms with Gasteiger partial charge in [0, 0.05) is 0 Å². The van der Waals surface area contributed by atoms with E-state index in [1.165, 1.54) is 65.7 Å². The summed E-state index contributed by atoms with van der Waals surface area (Å²) in [7, 11) is 0. The molecule has 0 fully saturated rings. The lowest BCUT2D eigenvalue weighted by Gasteiger charge is -2.17. The van der Waals surface area contributed by atoms with Gasteiger partial charge in [0.2, 0.25) is 0 Å². The first-order valence-electron chi connectivity index (χ1n) is 17.9. The van der Waals surface area contributed by atoms with E-state index in [0.29, 0.717) is 0 Å². The van der Waals surface area contributed by atoms with Crippen LogP contribution in [0.15, 0.2) is 183 Å². The first kappa shape index (κ1) is 32.7. The second-order valence-corrected chi connectivity index (χ2v) is 13.7. The van der Waals surface area contributed by atoms with Crippen molar-refractivity contribution in [3.8, 4) is 11.1 Å². The Morgan fingerprint density at radius 3 is 1.96 bits per heavy atom. The Morgan fingerprint density at radius 1 is 0.538 bits per heavy atom. The molecule has 0 bridgehead atoms. The lowest BCUT2D eigenvalue weighted by atomic mass is 9.87. The van der Waals surface area contributed by atoms with Crippen LogP contribution in [0.25, 0.3) is 72.8 Å². The second-order valence-electron chi connectivity index (χ2n) is 13.7. The summed E-state index contributed by atoms with van der Waals surface area (Å²) < 4.78 is 0. The highest BCUT2D eigenvalue weighted by molar-refractivity contribution is 6.14. The fourth-order valence-electron chi connectivity index (χ4n) is 7.26. The number of hydrogen-bond donors (Lipinski definition) is 0. The average molecular weight is 665 g/mol. The molecule has 8 aromatic rings. The third-order valence-electron chi connectivity index (χ3n) is 10.3. The van der Waals surface area contributed by atoms with Gasteiger partial charge in [-0.25, -0.2) is 0 Å². The molecule has 0 nitrogen and oxygen atoms in total. The topological polar surface area (TPSA) is 0 Å². The molecule has 8 rings (SSSR count). The Bertz CT molecular complexity index is 2830. The van der Waals surface area contributed by atoms with Crippen LogP contribution in [0.3, 0.4) is 0 Å². The van der Waals surface area contributed by atoms with Crippen molar-refractivity contribution in [1.82, 2.24) is 0 Å². The van der Waals surface area contributed by atoms with Crippen molar-refractivity contribution < 1.29 is 0 Å². The molecule has 0 aliphatic carbocycles. The average Bonchev–Trinajstić information content (AvgIpc) is 3.19. The molecule has 0 atom stereocenters. The molecule has 0 saturated carbocycles. The van der Waals surface area contributed by atoms with Crippen molar-refractivity contribution >= 4 is 61.7 Å². The summed E-state index contributed by atoms with van der Waals surface area (Å²) in [6.45, 7) is 13.2. The zero-order valence-electron chi connectivity index (χ0n) is 29.7. The molecule has 0 spiro atoms. The maximum Gasteiger partial charge on any atom is -0.00988 e. The number of hydrogen-bond acceptors (Lipinski definition) is 0. The standard InChI is InChI=1S/C52H40/c1-35-13-5-6-14-39(35)23-21-36(2)40-25-28-42(29-26-40)51(31-38(4)43-30-27-41-15-7-8-16-44(41)32-43)50-33-46(24-22-37(50)3)52-34-45-17-9-10-18-47(45)48-19-11-12-20-49(48)52/h5-34H,1,4H2,2-3H3/b36-21+,39-23-,51-31-. The predicted molar refractivity (Wildman–Crippen MR) is 227 cm³/mol. The van der Waals surface area contributed by atoms with Crippen LogP contribution in [0.5, 0.6) is 0 Å². The molecular weight excluding hydrogens is 625 g/mol. The monoisotopic (exact) mass is 664 g/mol. The van der Waals surface area contributed by atoms with Gasteiger partial charge in [0.1, 0.15) is 0 Å². The van der Waals surface area contributed by atoms with Gasteiger partial charge < -0.3 is 0 Å². The first-order chi connectivity index (χ1) is 25.4. The van der Waals surface area contributed by atoms with E-state index in [4.69, 9.17) is 0 Å². The molecule has 52 heavy (non-hydrogen) atoms. The number of rotatable bonds is 7. The molecule has 0 aromatic heterocycles. The van der Waals surface area contributed by atoms with Gasteiger partial charge in [0.25, 0.3) is 0 Å². The van der Waals surface area contributed by atoms with Gasteiger partial charge in [0.15, 0.2) is 0 Å². The van der Waals surface area contributed by atoms with Gasteiger partial charge >= 0.3 is 0 Å². The highest BCUT2D eigenvalue weighted by Gasteiger charge is 2.15. The van der Waals surface area contributed by atoms with Crippen LogP contribution in [-0.2, 0) is 0 Å². The largest absolute Gasteiger partial charge is 0.0912 e. The van der Waals surface area contributed by atoms with Crippen molar-refractivity contribution in [2.75, 3.05) is 0 Å². The van der Waals surface area contributed by atoms with E-state index >= 15 is 0 Å². The molecule has 0 heteroatoms. The maximum absolute atomic E-state index is 4.62. The van der Waals surface area contributed by atoms with Gasteiger partial charge in [-0.1, -0.05) is 171 Å². The SMILES string of the molecule is C=C(/C=C(/c1ccc(/C(C)=C/C=c2/ccccc2=C)cc1)c1cc(-c2cc3ccccc3c3ccccc23)ccc1C)c1ccc2ccccc2c1. The predicted octanol–water partition coefficient (Wildman–Crippen LogP) is 12.6. The molecule has 0 amide bonds. The van der Waals surface area contributed by atoms with E-state index in [2.05, 4.69) is 197 Å². The fraction of sp³-hybridized carbons (Fsp3) is 0.0385. The molecule has 0 radical (unpaired) electrons. The molecule has 0 N–H and O–H groups in total. The number of benzene rings is 8. The first-order valence-corrected chi connectivity index (χ1v) is 17.9. The third-order valence-corrected chi connectivity index (χ3v) is 10.3. The minimum absolute atomic E-state index is 0.975. The van der Waals surface area contributed by atoms with Crippen molar-refractivity contribution in [3.63, 3.8) is 0 Å². The Morgan fingerprint density at radius 2 is 1.17 bits per heavy atom. The van der Waals surface area contributed by atoms with E-state index in [9.17, 15) is 0 Å². The summed E-state index contributed by atoms with van der Waals surface area (Å²) in [5.74, 6) is 0. The van der Waals surface area contributed by atoms with Crippen LogP contribution in [0.1, 0.15) is 34.7 Å². The summed E-state index contributed by atoms with van der Waals surface area (Å²) in [5.41, 5.74) is 11.6. The third kappa shape index (κ3) is 6.43. The van der Waals surface area contributed by atoms with Gasteiger partial charge in [-0.2, -0.15) is 0 Å². The van der Waals surface area contributed by atoms with E-state index in [0.717, 1.165) is 32.7 Å². The Kier molecular flexibility index (Phi) is 8.81. The molecule has 0 unspecified atom stereocenters. The van der Waals surface area contributed by atoms with Crippen LogP contribution < -0.4 is 10.4 Å². The van der Waals surface area contributed by atoms with Gasteiger partial charge in [0.05, 0.1) is 0 Å². The van der Waals surface area contributed by atoms with Crippen molar-refractivity contribution in [1.29, 1.82) is 0 Å². The minimum atomic E-state index is 0.975. The maximum atomic E-state index is 4.62. The van der Waals surface area contributed by atoms with Gasteiger partial charge in [-0.05, 0) is 137 Å². The highest BCUT2D eigenvalue weighted by Crippen LogP contribution is 2.38.